The Hall–Kier alpha value is -2.36. The van der Waals surface area contributed by atoms with Crippen LogP contribution in [0.2, 0.25) is 0 Å². The lowest BCUT2D eigenvalue weighted by Gasteiger charge is -2.14. The first kappa shape index (κ1) is 22.3. The van der Waals surface area contributed by atoms with E-state index in [1.165, 1.54) is 23.9 Å². The van der Waals surface area contributed by atoms with Crippen LogP contribution in [0, 0.1) is 0 Å². The molecule has 3 N–H and O–H groups in total. The molecule has 160 valence electrons. The number of aromatic nitrogens is 2. The Labute approximate surface area is 181 Å². The number of unbranched alkanes of at least 4 members (excludes halogenated alkanes) is 1. The number of benzene rings is 2. The SMILES string of the molecule is CCCCn1c(SCC(=O)N[C@H](C)c2ccccc2)nc2cc(S(N)(=O)=O)ccc21. The van der Waals surface area contributed by atoms with Gasteiger partial charge in [0.05, 0.1) is 27.7 Å². The molecule has 1 heterocycles. The highest BCUT2D eigenvalue weighted by molar-refractivity contribution is 7.99. The molecule has 0 unspecified atom stereocenters. The minimum absolute atomic E-state index is 0.0288. The third-order valence-electron chi connectivity index (χ3n) is 4.76. The Morgan fingerprint density at radius 3 is 2.63 bits per heavy atom. The van der Waals surface area contributed by atoms with E-state index in [4.69, 9.17) is 5.14 Å². The molecular weight excluding hydrogens is 420 g/mol. The maximum Gasteiger partial charge on any atom is 0.238 e. The first-order valence-corrected chi connectivity index (χ1v) is 12.3. The van der Waals surface area contributed by atoms with Crippen LogP contribution in [0.15, 0.2) is 58.6 Å². The van der Waals surface area contributed by atoms with E-state index in [1.807, 2.05) is 41.8 Å². The number of sulfonamides is 1. The molecular formula is C21H26N4O3S2. The molecule has 0 spiro atoms. The van der Waals surface area contributed by atoms with Crippen molar-refractivity contribution in [3.63, 3.8) is 0 Å². The third kappa shape index (κ3) is 5.41. The smallest absolute Gasteiger partial charge is 0.238 e. The number of rotatable bonds is 9. The first-order chi connectivity index (χ1) is 14.3. The monoisotopic (exact) mass is 446 g/mol. The Morgan fingerprint density at radius 1 is 1.23 bits per heavy atom. The van der Waals surface area contributed by atoms with Gasteiger partial charge in [-0.1, -0.05) is 55.4 Å². The number of nitrogens with one attached hydrogen (secondary N) is 1. The van der Waals surface area contributed by atoms with Gasteiger partial charge in [0.2, 0.25) is 15.9 Å². The van der Waals surface area contributed by atoms with E-state index in [2.05, 4.69) is 17.2 Å². The minimum Gasteiger partial charge on any atom is -0.349 e. The lowest BCUT2D eigenvalue weighted by molar-refractivity contribution is -0.119. The van der Waals surface area contributed by atoms with Crippen molar-refractivity contribution in [3.05, 3.63) is 54.1 Å². The van der Waals surface area contributed by atoms with Crippen molar-refractivity contribution in [2.24, 2.45) is 5.14 Å². The quantitative estimate of drug-likeness (QED) is 0.490. The summed E-state index contributed by atoms with van der Waals surface area (Å²) in [6.45, 7) is 4.79. The van der Waals surface area contributed by atoms with Crippen LogP contribution in [0.25, 0.3) is 11.0 Å². The van der Waals surface area contributed by atoms with Crippen LogP contribution >= 0.6 is 11.8 Å². The topological polar surface area (TPSA) is 107 Å². The number of imidazole rings is 1. The molecule has 3 rings (SSSR count). The van der Waals surface area contributed by atoms with Gasteiger partial charge in [0.25, 0.3) is 0 Å². The van der Waals surface area contributed by atoms with Gasteiger partial charge >= 0.3 is 0 Å². The summed E-state index contributed by atoms with van der Waals surface area (Å²) in [7, 11) is -3.80. The number of carbonyl (C=O) groups is 1. The van der Waals surface area contributed by atoms with E-state index < -0.39 is 10.0 Å². The van der Waals surface area contributed by atoms with Gasteiger partial charge in [-0.25, -0.2) is 18.5 Å². The average molecular weight is 447 g/mol. The first-order valence-electron chi connectivity index (χ1n) is 9.79. The highest BCUT2D eigenvalue weighted by Crippen LogP contribution is 2.26. The average Bonchev–Trinajstić information content (AvgIpc) is 3.07. The summed E-state index contributed by atoms with van der Waals surface area (Å²) in [6.07, 6.45) is 1.96. The van der Waals surface area contributed by atoms with Crippen molar-refractivity contribution in [1.82, 2.24) is 14.9 Å². The van der Waals surface area contributed by atoms with Crippen LogP contribution < -0.4 is 10.5 Å². The highest BCUT2D eigenvalue weighted by atomic mass is 32.2. The zero-order valence-electron chi connectivity index (χ0n) is 17.0. The second-order valence-electron chi connectivity index (χ2n) is 7.08. The van der Waals surface area contributed by atoms with Gasteiger partial charge in [-0.15, -0.1) is 0 Å². The molecule has 0 aliphatic carbocycles. The van der Waals surface area contributed by atoms with E-state index in [-0.39, 0.29) is 22.6 Å². The summed E-state index contributed by atoms with van der Waals surface area (Å²) in [4.78, 5) is 17.1. The Kier molecular flexibility index (Phi) is 7.17. The normalized spacial score (nSPS) is 12.8. The van der Waals surface area contributed by atoms with E-state index in [1.54, 1.807) is 6.07 Å². The van der Waals surface area contributed by atoms with E-state index in [9.17, 15) is 13.2 Å². The zero-order valence-corrected chi connectivity index (χ0v) is 18.7. The second kappa shape index (κ2) is 9.63. The van der Waals surface area contributed by atoms with Crippen molar-refractivity contribution in [3.8, 4) is 0 Å². The predicted molar refractivity (Wildman–Crippen MR) is 120 cm³/mol. The van der Waals surface area contributed by atoms with Crippen LogP contribution in [-0.4, -0.2) is 29.6 Å². The molecule has 7 nitrogen and oxygen atoms in total. The number of primary sulfonamides is 1. The van der Waals surface area contributed by atoms with Gasteiger partial charge in [-0.05, 0) is 37.1 Å². The lowest BCUT2D eigenvalue weighted by atomic mass is 10.1. The summed E-state index contributed by atoms with van der Waals surface area (Å²) < 4.78 is 25.4. The third-order valence-corrected chi connectivity index (χ3v) is 6.65. The fourth-order valence-corrected chi connectivity index (χ4v) is 4.53. The molecule has 0 radical (unpaired) electrons. The Morgan fingerprint density at radius 2 is 1.97 bits per heavy atom. The van der Waals surface area contributed by atoms with Crippen molar-refractivity contribution >= 4 is 38.7 Å². The number of aryl methyl sites for hydroxylation is 1. The molecule has 30 heavy (non-hydrogen) atoms. The highest BCUT2D eigenvalue weighted by Gasteiger charge is 2.17. The molecule has 2 aromatic carbocycles. The molecule has 1 amide bonds. The molecule has 0 bridgehead atoms. The molecule has 0 aliphatic rings. The van der Waals surface area contributed by atoms with Crippen molar-refractivity contribution < 1.29 is 13.2 Å². The largest absolute Gasteiger partial charge is 0.349 e. The maximum absolute atomic E-state index is 12.5. The molecule has 0 saturated carbocycles. The number of hydrogen-bond donors (Lipinski definition) is 2. The molecule has 1 atom stereocenters. The number of carbonyl (C=O) groups excluding carboxylic acids is 1. The number of nitrogens with zero attached hydrogens (tertiary/aromatic N) is 2. The van der Waals surface area contributed by atoms with Crippen molar-refractivity contribution in [2.75, 3.05) is 5.75 Å². The molecule has 0 saturated heterocycles. The number of amides is 1. The summed E-state index contributed by atoms with van der Waals surface area (Å²) in [5.41, 5.74) is 2.43. The lowest BCUT2D eigenvalue weighted by Crippen LogP contribution is -2.28. The van der Waals surface area contributed by atoms with Crippen LogP contribution in [0.3, 0.4) is 0 Å². The van der Waals surface area contributed by atoms with Crippen LogP contribution in [-0.2, 0) is 21.4 Å². The molecule has 0 fully saturated rings. The number of fused-ring (bicyclic) bond motifs is 1. The minimum atomic E-state index is -3.80. The number of hydrogen-bond acceptors (Lipinski definition) is 5. The van der Waals surface area contributed by atoms with E-state index >= 15 is 0 Å². The number of thioether (sulfide) groups is 1. The fraction of sp³-hybridized carbons (Fsp3) is 0.333. The van der Waals surface area contributed by atoms with Gasteiger partial charge in [-0.2, -0.15) is 0 Å². The van der Waals surface area contributed by atoms with Crippen LogP contribution in [0.5, 0.6) is 0 Å². The molecule has 3 aromatic rings. The van der Waals surface area contributed by atoms with Gasteiger partial charge in [-0.3, -0.25) is 4.79 Å². The van der Waals surface area contributed by atoms with Crippen molar-refractivity contribution in [2.45, 2.75) is 49.3 Å². The zero-order chi connectivity index (χ0) is 21.7. The second-order valence-corrected chi connectivity index (χ2v) is 9.59. The van der Waals surface area contributed by atoms with Gasteiger partial charge in [0.1, 0.15) is 0 Å². The summed E-state index contributed by atoms with van der Waals surface area (Å²) in [5.74, 6) is 0.130. The maximum atomic E-state index is 12.5. The summed E-state index contributed by atoms with van der Waals surface area (Å²) in [5, 5.41) is 8.93. The van der Waals surface area contributed by atoms with Crippen LogP contribution in [0.1, 0.15) is 38.3 Å². The fourth-order valence-electron chi connectivity index (χ4n) is 3.15. The Bertz CT molecular complexity index is 1130. The van der Waals surface area contributed by atoms with Crippen molar-refractivity contribution in [1.29, 1.82) is 0 Å². The van der Waals surface area contributed by atoms with Crippen LogP contribution in [0.4, 0.5) is 0 Å². The summed E-state index contributed by atoms with van der Waals surface area (Å²) >= 11 is 1.34. The standard InChI is InChI=1S/C21H26N4O3S2/c1-3-4-12-25-19-11-10-17(30(22,27)28)13-18(19)24-21(25)29-14-20(26)23-15(2)16-8-6-5-7-9-16/h5-11,13,15H,3-4,12,14H2,1-2H3,(H,23,26)(H2,22,27,28)/t15-/m1/s1. The van der Waals surface area contributed by atoms with Gasteiger partial charge in [0.15, 0.2) is 5.16 Å². The van der Waals surface area contributed by atoms with Gasteiger partial charge < -0.3 is 9.88 Å². The molecule has 0 aliphatic heterocycles. The number of nitrogens with two attached hydrogens (primary N) is 1. The van der Waals surface area contributed by atoms with E-state index in [0.29, 0.717) is 10.7 Å². The van der Waals surface area contributed by atoms with Gasteiger partial charge in [0, 0.05) is 6.54 Å². The van der Waals surface area contributed by atoms with E-state index in [0.717, 1.165) is 30.5 Å². The molecule has 9 heteroatoms. The molecule has 1 aromatic heterocycles. The Balaban J connectivity index is 1.77. The summed E-state index contributed by atoms with van der Waals surface area (Å²) in [6, 6.07) is 14.4. The predicted octanol–water partition coefficient (Wildman–Crippen LogP) is 3.45.